The largest absolute Gasteiger partial charge is 0.461 e. The molecular weight excluding hydrogens is 398 g/mol. The summed E-state index contributed by atoms with van der Waals surface area (Å²) in [4.78, 5) is 4.57. The molecule has 0 amide bonds. The van der Waals surface area contributed by atoms with Crippen molar-refractivity contribution in [3.8, 4) is 11.5 Å². The van der Waals surface area contributed by atoms with Gasteiger partial charge in [0.25, 0.3) is 0 Å². The Morgan fingerprint density at radius 1 is 1.07 bits per heavy atom. The Bertz CT molecular complexity index is 990. The monoisotopic (exact) mass is 419 g/mol. The summed E-state index contributed by atoms with van der Waals surface area (Å²) in [5.41, 5.74) is 0.763. The highest BCUT2D eigenvalue weighted by molar-refractivity contribution is 7.98. The smallest absolute Gasteiger partial charge is 0.244 e. The highest BCUT2D eigenvalue weighted by atomic mass is 32.2. The summed E-state index contributed by atoms with van der Waals surface area (Å²) in [5, 5.41) is 4.76. The first kappa shape index (κ1) is 19.2. The molecule has 3 aromatic heterocycles. The van der Waals surface area contributed by atoms with Crippen molar-refractivity contribution < 1.29 is 17.4 Å². The van der Waals surface area contributed by atoms with Crippen molar-refractivity contribution in [3.63, 3.8) is 0 Å². The Labute approximate surface area is 168 Å². The van der Waals surface area contributed by atoms with Gasteiger partial charge in [-0.05, 0) is 37.1 Å². The van der Waals surface area contributed by atoms with E-state index < -0.39 is 10.0 Å². The van der Waals surface area contributed by atoms with Crippen LogP contribution in [-0.2, 0) is 15.8 Å². The Balaban J connectivity index is 1.39. The number of sulfonamides is 1. The molecule has 3 aromatic rings. The van der Waals surface area contributed by atoms with Crippen molar-refractivity contribution in [1.29, 1.82) is 0 Å². The molecule has 1 fully saturated rings. The van der Waals surface area contributed by atoms with Crippen LogP contribution in [0.5, 0.6) is 0 Å². The minimum absolute atomic E-state index is 0.250. The van der Waals surface area contributed by atoms with Gasteiger partial charge >= 0.3 is 0 Å². The number of thioether (sulfide) groups is 1. The fourth-order valence-electron chi connectivity index (χ4n) is 3.10. The fraction of sp³-hybridized carbons (Fsp3) is 0.368. The SMILES string of the molecule is O=S(=O)(c1ccc(SCc2cc(-c3ccco3)on2)nc1)N1CCCCCC1. The standard InChI is InChI=1S/C19H21N3O4S2/c23-28(24,22-9-3-1-2-4-10-22)16-7-8-19(20-13-16)27-14-15-12-18(26-21-15)17-6-5-11-25-17/h5-8,11-13H,1-4,9-10,14H2. The van der Waals surface area contributed by atoms with Gasteiger partial charge in [0.1, 0.15) is 4.90 Å². The molecule has 0 unspecified atom stereocenters. The van der Waals surface area contributed by atoms with Gasteiger partial charge in [-0.25, -0.2) is 13.4 Å². The van der Waals surface area contributed by atoms with Crippen molar-refractivity contribution >= 4 is 21.8 Å². The van der Waals surface area contributed by atoms with E-state index in [1.165, 1.54) is 18.0 Å². The lowest BCUT2D eigenvalue weighted by Gasteiger charge is -2.19. The highest BCUT2D eigenvalue weighted by Gasteiger charge is 2.25. The number of furan rings is 1. The Morgan fingerprint density at radius 3 is 2.57 bits per heavy atom. The molecule has 0 saturated carbocycles. The van der Waals surface area contributed by atoms with Crippen LogP contribution in [0.25, 0.3) is 11.5 Å². The van der Waals surface area contributed by atoms with Gasteiger partial charge in [-0.3, -0.25) is 0 Å². The first-order valence-electron chi connectivity index (χ1n) is 9.21. The molecule has 148 valence electrons. The van der Waals surface area contributed by atoms with Gasteiger partial charge in [-0.15, -0.1) is 0 Å². The average Bonchev–Trinajstić information content (AvgIpc) is 3.32. The molecule has 0 radical (unpaired) electrons. The van der Waals surface area contributed by atoms with E-state index in [4.69, 9.17) is 8.94 Å². The van der Waals surface area contributed by atoms with Gasteiger partial charge in [0.15, 0.2) is 5.76 Å². The van der Waals surface area contributed by atoms with Gasteiger partial charge in [0.2, 0.25) is 15.8 Å². The summed E-state index contributed by atoms with van der Waals surface area (Å²) in [6.07, 6.45) is 7.03. The number of pyridine rings is 1. The molecule has 9 heteroatoms. The second kappa shape index (κ2) is 8.50. The minimum atomic E-state index is -3.47. The van der Waals surface area contributed by atoms with Crippen molar-refractivity contribution in [3.05, 3.63) is 48.5 Å². The van der Waals surface area contributed by atoms with E-state index in [1.807, 2.05) is 12.1 Å². The number of nitrogens with zero attached hydrogens (tertiary/aromatic N) is 3. The summed E-state index contributed by atoms with van der Waals surface area (Å²) in [7, 11) is -3.47. The van der Waals surface area contributed by atoms with Crippen LogP contribution in [0.1, 0.15) is 31.4 Å². The van der Waals surface area contributed by atoms with Crippen molar-refractivity contribution in [2.75, 3.05) is 13.1 Å². The van der Waals surface area contributed by atoms with Gasteiger partial charge in [-0.2, -0.15) is 4.31 Å². The normalized spacial score (nSPS) is 16.1. The number of rotatable bonds is 6. The van der Waals surface area contributed by atoms with E-state index in [0.717, 1.165) is 36.4 Å². The Hall–Kier alpha value is -2.10. The van der Waals surface area contributed by atoms with E-state index in [0.29, 0.717) is 30.4 Å². The number of aromatic nitrogens is 2. The molecule has 1 aliphatic rings. The van der Waals surface area contributed by atoms with Crippen LogP contribution in [0.3, 0.4) is 0 Å². The number of hydrogen-bond acceptors (Lipinski definition) is 7. The summed E-state index contributed by atoms with van der Waals surface area (Å²) < 4.78 is 37.7. The molecule has 7 nitrogen and oxygen atoms in total. The van der Waals surface area contributed by atoms with Gasteiger partial charge in [0, 0.05) is 31.1 Å². The molecule has 4 heterocycles. The lowest BCUT2D eigenvalue weighted by atomic mass is 10.2. The summed E-state index contributed by atoms with van der Waals surface area (Å²) >= 11 is 1.47. The average molecular weight is 420 g/mol. The third kappa shape index (κ3) is 4.31. The third-order valence-corrected chi connectivity index (χ3v) is 7.46. The summed E-state index contributed by atoms with van der Waals surface area (Å²) in [6.45, 7) is 1.17. The van der Waals surface area contributed by atoms with Crippen molar-refractivity contribution in [2.45, 2.75) is 41.4 Å². The van der Waals surface area contributed by atoms with E-state index in [1.54, 1.807) is 28.8 Å². The van der Waals surface area contributed by atoms with Crippen LogP contribution in [0.2, 0.25) is 0 Å². The van der Waals surface area contributed by atoms with Crippen LogP contribution in [0.15, 0.2) is 61.7 Å². The molecule has 0 aromatic carbocycles. The van der Waals surface area contributed by atoms with E-state index in [9.17, 15) is 8.42 Å². The summed E-state index contributed by atoms with van der Waals surface area (Å²) in [6, 6.07) is 8.79. The van der Waals surface area contributed by atoms with Crippen LogP contribution in [0, 0.1) is 0 Å². The topological polar surface area (TPSA) is 89.4 Å². The molecule has 0 atom stereocenters. The first-order chi connectivity index (χ1) is 13.6. The zero-order valence-electron chi connectivity index (χ0n) is 15.3. The van der Waals surface area contributed by atoms with E-state index in [2.05, 4.69) is 10.1 Å². The molecule has 0 aliphatic carbocycles. The predicted molar refractivity (Wildman–Crippen MR) is 105 cm³/mol. The molecule has 0 bridgehead atoms. The zero-order valence-corrected chi connectivity index (χ0v) is 16.9. The summed E-state index contributed by atoms with van der Waals surface area (Å²) in [5.74, 6) is 1.77. The number of hydrogen-bond donors (Lipinski definition) is 0. The van der Waals surface area contributed by atoms with Crippen LogP contribution in [0.4, 0.5) is 0 Å². The Morgan fingerprint density at radius 2 is 1.89 bits per heavy atom. The maximum Gasteiger partial charge on any atom is 0.244 e. The molecule has 0 N–H and O–H groups in total. The molecule has 4 rings (SSSR count). The zero-order chi connectivity index (χ0) is 19.4. The molecular formula is C19H21N3O4S2. The van der Waals surface area contributed by atoms with Gasteiger partial charge in [-0.1, -0.05) is 29.8 Å². The van der Waals surface area contributed by atoms with Crippen LogP contribution in [-0.4, -0.2) is 36.0 Å². The Kier molecular flexibility index (Phi) is 5.84. The second-order valence-electron chi connectivity index (χ2n) is 6.60. The van der Waals surface area contributed by atoms with Crippen LogP contribution < -0.4 is 0 Å². The predicted octanol–water partition coefficient (Wildman–Crippen LogP) is 4.19. The maximum absolute atomic E-state index is 12.8. The van der Waals surface area contributed by atoms with E-state index in [-0.39, 0.29) is 4.90 Å². The maximum atomic E-state index is 12.8. The van der Waals surface area contributed by atoms with Gasteiger partial charge in [0.05, 0.1) is 17.0 Å². The lowest BCUT2D eigenvalue weighted by Crippen LogP contribution is -2.32. The van der Waals surface area contributed by atoms with Crippen molar-refractivity contribution in [1.82, 2.24) is 14.4 Å². The fourth-order valence-corrected chi connectivity index (χ4v) is 5.28. The molecule has 1 aliphatic heterocycles. The minimum Gasteiger partial charge on any atom is -0.461 e. The van der Waals surface area contributed by atoms with Crippen LogP contribution >= 0.6 is 11.8 Å². The molecule has 28 heavy (non-hydrogen) atoms. The lowest BCUT2D eigenvalue weighted by molar-refractivity contribution is 0.413. The molecule has 0 spiro atoms. The highest BCUT2D eigenvalue weighted by Crippen LogP contribution is 2.26. The van der Waals surface area contributed by atoms with Crippen molar-refractivity contribution in [2.24, 2.45) is 0 Å². The first-order valence-corrected chi connectivity index (χ1v) is 11.6. The quantitative estimate of drug-likeness (QED) is 0.554. The second-order valence-corrected chi connectivity index (χ2v) is 9.53. The third-order valence-electron chi connectivity index (χ3n) is 4.60. The molecule has 1 saturated heterocycles. The van der Waals surface area contributed by atoms with Gasteiger partial charge < -0.3 is 8.94 Å². The van der Waals surface area contributed by atoms with E-state index >= 15 is 0 Å².